The van der Waals surface area contributed by atoms with Gasteiger partial charge in [0, 0.05) is 10.9 Å². The first-order valence-electron chi connectivity index (χ1n) is 4.54. The maximum Gasteiger partial charge on any atom is 0.174 e. The quantitative estimate of drug-likeness (QED) is 0.766. The highest BCUT2D eigenvalue weighted by Crippen LogP contribution is 2.24. The molecule has 0 bridgehead atoms. The van der Waals surface area contributed by atoms with Gasteiger partial charge in [-0.05, 0) is 56.2 Å². The number of rotatable bonds is 4. The number of carbonyl (C=O) groups is 1. The first-order chi connectivity index (χ1) is 7.27. The average Bonchev–Trinajstić information content (AvgIpc) is 2.84. The lowest BCUT2D eigenvalue weighted by atomic mass is 10.1. The van der Waals surface area contributed by atoms with Gasteiger partial charge in [-0.25, -0.2) is 0 Å². The minimum absolute atomic E-state index is 0.225. The van der Waals surface area contributed by atoms with Crippen LogP contribution in [0.2, 0.25) is 0 Å². The maximum atomic E-state index is 11.8. The van der Waals surface area contributed by atoms with E-state index in [9.17, 15) is 4.79 Å². The molecule has 1 nitrogen and oxygen atoms in total. The van der Waals surface area contributed by atoms with Crippen molar-refractivity contribution < 1.29 is 4.79 Å². The van der Waals surface area contributed by atoms with E-state index < -0.39 is 0 Å². The second-order valence-electron chi connectivity index (χ2n) is 3.15. The van der Waals surface area contributed by atoms with E-state index in [1.807, 2.05) is 16.8 Å². The second kappa shape index (κ2) is 5.05. The zero-order valence-corrected chi connectivity index (χ0v) is 11.1. The molecule has 4 heteroatoms. The molecule has 0 aromatic carbocycles. The Morgan fingerprint density at radius 1 is 1.33 bits per heavy atom. The summed E-state index contributed by atoms with van der Waals surface area (Å²) in [6.45, 7) is 0. The van der Waals surface area contributed by atoms with Gasteiger partial charge in [-0.2, -0.15) is 11.3 Å². The van der Waals surface area contributed by atoms with Gasteiger partial charge in [0.15, 0.2) is 5.78 Å². The van der Waals surface area contributed by atoms with Crippen molar-refractivity contribution in [3.05, 3.63) is 43.2 Å². The van der Waals surface area contributed by atoms with Gasteiger partial charge >= 0.3 is 0 Å². The summed E-state index contributed by atoms with van der Waals surface area (Å²) in [5, 5.41) is 6.07. The van der Waals surface area contributed by atoms with Crippen molar-refractivity contribution in [2.45, 2.75) is 12.8 Å². The van der Waals surface area contributed by atoms with Gasteiger partial charge in [-0.1, -0.05) is 0 Å². The van der Waals surface area contributed by atoms with Gasteiger partial charge in [0.2, 0.25) is 0 Å². The Labute approximate surface area is 105 Å². The number of halogens is 1. The van der Waals surface area contributed by atoms with Crippen LogP contribution < -0.4 is 0 Å². The Bertz CT molecular complexity index is 445. The molecule has 0 saturated heterocycles. The lowest BCUT2D eigenvalue weighted by molar-refractivity contribution is 0.0986. The molecule has 2 aromatic heterocycles. The predicted molar refractivity (Wildman–Crippen MR) is 69.0 cm³/mol. The fourth-order valence-corrected chi connectivity index (χ4v) is 3.57. The molecular formula is C11H9BrOS2. The molecule has 0 amide bonds. The summed E-state index contributed by atoms with van der Waals surface area (Å²) in [6, 6.07) is 3.99. The Kier molecular flexibility index (Phi) is 3.72. The molecule has 2 aromatic rings. The van der Waals surface area contributed by atoms with E-state index in [0.717, 1.165) is 15.8 Å². The van der Waals surface area contributed by atoms with Crippen molar-refractivity contribution in [3.8, 4) is 0 Å². The summed E-state index contributed by atoms with van der Waals surface area (Å²) in [5.41, 5.74) is 1.25. The minimum Gasteiger partial charge on any atom is -0.293 e. The van der Waals surface area contributed by atoms with E-state index in [1.54, 1.807) is 11.3 Å². The Balaban J connectivity index is 1.96. The highest BCUT2D eigenvalue weighted by Gasteiger charge is 2.11. The number of hydrogen-bond acceptors (Lipinski definition) is 3. The van der Waals surface area contributed by atoms with Gasteiger partial charge in [0.25, 0.3) is 0 Å². The SMILES string of the molecule is O=C(CCc1ccsc1)c1sccc1Br. The van der Waals surface area contributed by atoms with Gasteiger partial charge in [0.1, 0.15) is 0 Å². The van der Waals surface area contributed by atoms with Crippen molar-refractivity contribution in [2.24, 2.45) is 0 Å². The van der Waals surface area contributed by atoms with Crippen molar-refractivity contribution in [2.75, 3.05) is 0 Å². The molecule has 0 aliphatic heterocycles. The Morgan fingerprint density at radius 3 is 2.80 bits per heavy atom. The molecule has 0 aliphatic carbocycles. The van der Waals surface area contributed by atoms with Crippen LogP contribution in [-0.4, -0.2) is 5.78 Å². The van der Waals surface area contributed by atoms with Crippen molar-refractivity contribution in [1.29, 1.82) is 0 Å². The van der Waals surface area contributed by atoms with E-state index in [2.05, 4.69) is 27.4 Å². The molecule has 0 fully saturated rings. The normalized spacial score (nSPS) is 10.5. The van der Waals surface area contributed by atoms with Gasteiger partial charge in [-0.3, -0.25) is 4.79 Å². The molecule has 2 heterocycles. The molecular weight excluding hydrogens is 292 g/mol. The molecule has 0 N–H and O–H groups in total. The largest absolute Gasteiger partial charge is 0.293 e. The zero-order valence-electron chi connectivity index (χ0n) is 7.90. The monoisotopic (exact) mass is 300 g/mol. The zero-order chi connectivity index (χ0) is 10.7. The predicted octanol–water partition coefficient (Wildman–Crippen LogP) is 4.39. The van der Waals surface area contributed by atoms with Crippen LogP contribution in [0, 0.1) is 0 Å². The Morgan fingerprint density at radius 2 is 2.20 bits per heavy atom. The van der Waals surface area contributed by atoms with E-state index in [4.69, 9.17) is 0 Å². The molecule has 0 atom stereocenters. The lowest BCUT2D eigenvalue weighted by Crippen LogP contribution is -1.98. The third kappa shape index (κ3) is 2.77. The molecule has 78 valence electrons. The fourth-order valence-electron chi connectivity index (χ4n) is 1.30. The molecule has 15 heavy (non-hydrogen) atoms. The summed E-state index contributed by atoms with van der Waals surface area (Å²) >= 11 is 6.55. The van der Waals surface area contributed by atoms with Crippen LogP contribution in [0.4, 0.5) is 0 Å². The number of aryl methyl sites for hydroxylation is 1. The number of Topliss-reactive ketones (excluding diaryl/α,β-unsaturated/α-hetero) is 1. The van der Waals surface area contributed by atoms with Crippen molar-refractivity contribution in [3.63, 3.8) is 0 Å². The molecule has 0 radical (unpaired) electrons. The van der Waals surface area contributed by atoms with E-state index in [-0.39, 0.29) is 5.78 Å². The van der Waals surface area contributed by atoms with Crippen LogP contribution in [0.3, 0.4) is 0 Å². The first kappa shape index (κ1) is 11.0. The molecule has 0 spiro atoms. The van der Waals surface area contributed by atoms with Crippen LogP contribution in [0.5, 0.6) is 0 Å². The number of hydrogen-bond donors (Lipinski definition) is 0. The van der Waals surface area contributed by atoms with Crippen LogP contribution in [-0.2, 0) is 6.42 Å². The van der Waals surface area contributed by atoms with Gasteiger partial charge in [-0.15, -0.1) is 11.3 Å². The standard InChI is InChI=1S/C11H9BrOS2/c12-9-4-6-15-11(9)10(13)2-1-8-3-5-14-7-8/h3-7H,1-2H2. The molecule has 0 unspecified atom stereocenters. The van der Waals surface area contributed by atoms with Crippen LogP contribution in [0.1, 0.15) is 21.7 Å². The average molecular weight is 301 g/mol. The minimum atomic E-state index is 0.225. The topological polar surface area (TPSA) is 17.1 Å². The lowest BCUT2D eigenvalue weighted by Gasteiger charge is -1.97. The summed E-state index contributed by atoms with van der Waals surface area (Å²) in [6.07, 6.45) is 1.43. The van der Waals surface area contributed by atoms with Crippen LogP contribution in [0.25, 0.3) is 0 Å². The van der Waals surface area contributed by atoms with Crippen molar-refractivity contribution in [1.82, 2.24) is 0 Å². The summed E-state index contributed by atoms with van der Waals surface area (Å²) < 4.78 is 0.919. The van der Waals surface area contributed by atoms with E-state index >= 15 is 0 Å². The number of ketones is 1. The third-order valence-electron chi connectivity index (χ3n) is 2.09. The van der Waals surface area contributed by atoms with Gasteiger partial charge < -0.3 is 0 Å². The Hall–Kier alpha value is -0.450. The first-order valence-corrected chi connectivity index (χ1v) is 7.16. The summed E-state index contributed by atoms with van der Waals surface area (Å²) in [4.78, 5) is 12.6. The van der Waals surface area contributed by atoms with Crippen molar-refractivity contribution >= 4 is 44.4 Å². The van der Waals surface area contributed by atoms with Crippen LogP contribution >= 0.6 is 38.6 Å². The highest BCUT2D eigenvalue weighted by atomic mass is 79.9. The molecule has 0 aliphatic rings. The fraction of sp³-hybridized carbons (Fsp3) is 0.182. The van der Waals surface area contributed by atoms with Crippen LogP contribution in [0.15, 0.2) is 32.7 Å². The summed E-state index contributed by atoms with van der Waals surface area (Å²) in [7, 11) is 0. The molecule has 0 saturated carbocycles. The smallest absolute Gasteiger partial charge is 0.174 e. The van der Waals surface area contributed by atoms with E-state index in [0.29, 0.717) is 6.42 Å². The number of carbonyl (C=O) groups excluding carboxylic acids is 1. The highest BCUT2D eigenvalue weighted by molar-refractivity contribution is 9.10. The number of thiophene rings is 2. The second-order valence-corrected chi connectivity index (χ2v) is 5.70. The third-order valence-corrected chi connectivity index (χ3v) is 4.70. The molecule has 2 rings (SSSR count). The van der Waals surface area contributed by atoms with E-state index in [1.165, 1.54) is 16.9 Å². The maximum absolute atomic E-state index is 11.8. The van der Waals surface area contributed by atoms with Gasteiger partial charge in [0.05, 0.1) is 4.88 Å². The summed E-state index contributed by atoms with van der Waals surface area (Å²) in [5.74, 6) is 0.225.